The van der Waals surface area contributed by atoms with Crippen LogP contribution in [0.3, 0.4) is 0 Å². The molecule has 0 aliphatic carbocycles. The molecule has 4 atom stereocenters. The minimum atomic E-state index is 0.667. The Morgan fingerprint density at radius 1 is 1.24 bits per heavy atom. The topological polar surface area (TPSA) is 15.3 Å². The van der Waals surface area contributed by atoms with Crippen molar-refractivity contribution < 1.29 is 0 Å². The molecule has 1 heterocycles. The molecular formula is C15H32N2. The van der Waals surface area contributed by atoms with Gasteiger partial charge in [-0.1, -0.05) is 20.3 Å². The molecule has 0 aromatic rings. The maximum absolute atomic E-state index is 3.68. The lowest BCUT2D eigenvalue weighted by Gasteiger charge is -2.34. The Kier molecular flexibility index (Phi) is 6.50. The smallest absolute Gasteiger partial charge is 0.0198 e. The van der Waals surface area contributed by atoms with Gasteiger partial charge in [-0.2, -0.15) is 0 Å². The van der Waals surface area contributed by atoms with E-state index in [1.807, 2.05) is 0 Å². The van der Waals surface area contributed by atoms with Crippen molar-refractivity contribution in [3.8, 4) is 0 Å². The molecule has 2 heteroatoms. The fourth-order valence-electron chi connectivity index (χ4n) is 3.31. The van der Waals surface area contributed by atoms with E-state index >= 15 is 0 Å². The summed E-state index contributed by atoms with van der Waals surface area (Å²) < 4.78 is 0. The summed E-state index contributed by atoms with van der Waals surface area (Å²) in [6.45, 7) is 12.8. The van der Waals surface area contributed by atoms with E-state index in [0.717, 1.165) is 18.6 Å². The molecule has 1 rings (SSSR count). The molecule has 0 aromatic heterocycles. The Hall–Kier alpha value is -0.0800. The normalized spacial score (nSPS) is 29.5. The summed E-state index contributed by atoms with van der Waals surface area (Å²) in [7, 11) is 0. The first-order chi connectivity index (χ1) is 8.10. The van der Waals surface area contributed by atoms with Crippen molar-refractivity contribution in [3.63, 3.8) is 0 Å². The molecule has 1 aliphatic heterocycles. The van der Waals surface area contributed by atoms with E-state index in [2.05, 4.69) is 44.8 Å². The molecule has 102 valence electrons. The summed E-state index contributed by atoms with van der Waals surface area (Å²) in [6, 6.07) is 2.94. The molecule has 17 heavy (non-hydrogen) atoms. The monoisotopic (exact) mass is 240 g/mol. The second-order valence-corrected chi connectivity index (χ2v) is 5.88. The Balaban J connectivity index is 2.37. The standard InChI is InChI=1S/C15H32N2/c1-6-8-12(3)16-11-14(5)17-13(4)9-10-15(17)7-2/h12-16H,6-11H2,1-5H3. The first-order valence-corrected chi connectivity index (χ1v) is 7.60. The largest absolute Gasteiger partial charge is 0.313 e. The van der Waals surface area contributed by atoms with Gasteiger partial charge in [0.25, 0.3) is 0 Å². The van der Waals surface area contributed by atoms with Crippen molar-refractivity contribution in [1.29, 1.82) is 0 Å². The second-order valence-electron chi connectivity index (χ2n) is 5.88. The van der Waals surface area contributed by atoms with Crippen LogP contribution in [0.4, 0.5) is 0 Å². The molecule has 1 saturated heterocycles. The van der Waals surface area contributed by atoms with Crippen LogP contribution in [0.2, 0.25) is 0 Å². The van der Waals surface area contributed by atoms with E-state index in [1.165, 1.54) is 32.1 Å². The van der Waals surface area contributed by atoms with Crippen molar-refractivity contribution in [2.24, 2.45) is 0 Å². The van der Waals surface area contributed by atoms with Crippen molar-refractivity contribution in [3.05, 3.63) is 0 Å². The zero-order valence-electron chi connectivity index (χ0n) is 12.5. The quantitative estimate of drug-likeness (QED) is 0.733. The Morgan fingerprint density at radius 2 is 1.94 bits per heavy atom. The van der Waals surface area contributed by atoms with Crippen LogP contribution in [0.25, 0.3) is 0 Å². The lowest BCUT2D eigenvalue weighted by Crippen LogP contribution is -2.47. The van der Waals surface area contributed by atoms with Crippen molar-refractivity contribution in [1.82, 2.24) is 10.2 Å². The third-order valence-electron chi connectivity index (χ3n) is 4.31. The predicted molar refractivity (Wildman–Crippen MR) is 76.4 cm³/mol. The molecule has 0 aromatic carbocycles. The van der Waals surface area contributed by atoms with Gasteiger partial charge in [0.1, 0.15) is 0 Å². The van der Waals surface area contributed by atoms with Crippen LogP contribution in [-0.4, -0.2) is 35.6 Å². The average molecular weight is 240 g/mol. The van der Waals surface area contributed by atoms with Crippen LogP contribution in [0.5, 0.6) is 0 Å². The fourth-order valence-corrected chi connectivity index (χ4v) is 3.31. The molecule has 1 fully saturated rings. The summed E-state index contributed by atoms with van der Waals surface area (Å²) in [6.07, 6.45) is 6.65. The van der Waals surface area contributed by atoms with E-state index in [1.54, 1.807) is 0 Å². The highest BCUT2D eigenvalue weighted by molar-refractivity contribution is 4.88. The number of nitrogens with zero attached hydrogens (tertiary/aromatic N) is 1. The number of hydrogen-bond acceptors (Lipinski definition) is 2. The van der Waals surface area contributed by atoms with E-state index < -0.39 is 0 Å². The van der Waals surface area contributed by atoms with Crippen LogP contribution in [0, 0.1) is 0 Å². The highest BCUT2D eigenvalue weighted by atomic mass is 15.2. The molecular weight excluding hydrogens is 208 g/mol. The van der Waals surface area contributed by atoms with Gasteiger partial charge in [0.2, 0.25) is 0 Å². The molecule has 0 bridgehead atoms. The third-order valence-corrected chi connectivity index (χ3v) is 4.31. The molecule has 1 aliphatic rings. The predicted octanol–water partition coefficient (Wildman–Crippen LogP) is 3.42. The van der Waals surface area contributed by atoms with E-state index in [4.69, 9.17) is 0 Å². The van der Waals surface area contributed by atoms with Crippen LogP contribution in [0.15, 0.2) is 0 Å². The molecule has 0 radical (unpaired) electrons. The van der Waals surface area contributed by atoms with Gasteiger partial charge in [0.15, 0.2) is 0 Å². The lowest BCUT2D eigenvalue weighted by atomic mass is 10.1. The molecule has 0 amide bonds. The van der Waals surface area contributed by atoms with Gasteiger partial charge in [-0.15, -0.1) is 0 Å². The number of likely N-dealkylation sites (tertiary alicyclic amines) is 1. The van der Waals surface area contributed by atoms with Gasteiger partial charge in [-0.05, 0) is 46.5 Å². The maximum Gasteiger partial charge on any atom is 0.0198 e. The van der Waals surface area contributed by atoms with Gasteiger partial charge in [-0.3, -0.25) is 4.90 Å². The Labute approximate surface area is 108 Å². The Morgan fingerprint density at radius 3 is 2.53 bits per heavy atom. The highest BCUT2D eigenvalue weighted by Gasteiger charge is 2.32. The van der Waals surface area contributed by atoms with Crippen molar-refractivity contribution in [2.75, 3.05) is 6.54 Å². The Bertz CT molecular complexity index is 205. The van der Waals surface area contributed by atoms with E-state index in [9.17, 15) is 0 Å². The van der Waals surface area contributed by atoms with E-state index in [0.29, 0.717) is 12.1 Å². The van der Waals surface area contributed by atoms with Crippen LogP contribution in [-0.2, 0) is 0 Å². The van der Waals surface area contributed by atoms with E-state index in [-0.39, 0.29) is 0 Å². The highest BCUT2D eigenvalue weighted by Crippen LogP contribution is 2.27. The number of nitrogens with one attached hydrogen (secondary N) is 1. The molecule has 0 saturated carbocycles. The van der Waals surface area contributed by atoms with Gasteiger partial charge < -0.3 is 5.32 Å². The summed E-state index contributed by atoms with van der Waals surface area (Å²) in [5, 5.41) is 3.68. The number of rotatable bonds is 7. The van der Waals surface area contributed by atoms with Crippen molar-refractivity contribution >= 4 is 0 Å². The maximum atomic E-state index is 3.68. The van der Waals surface area contributed by atoms with Gasteiger partial charge in [0, 0.05) is 30.7 Å². The summed E-state index contributed by atoms with van der Waals surface area (Å²) in [4.78, 5) is 2.74. The fraction of sp³-hybridized carbons (Fsp3) is 1.00. The van der Waals surface area contributed by atoms with Gasteiger partial charge in [-0.25, -0.2) is 0 Å². The lowest BCUT2D eigenvalue weighted by molar-refractivity contribution is 0.139. The molecule has 2 nitrogen and oxygen atoms in total. The summed E-state index contributed by atoms with van der Waals surface area (Å²) >= 11 is 0. The van der Waals surface area contributed by atoms with Gasteiger partial charge in [0.05, 0.1) is 0 Å². The average Bonchev–Trinajstić information content (AvgIpc) is 2.68. The third kappa shape index (κ3) is 4.26. The minimum absolute atomic E-state index is 0.667. The zero-order valence-corrected chi connectivity index (χ0v) is 12.5. The SMILES string of the molecule is CCCC(C)NCC(C)N1C(C)CCC1CC. The van der Waals surface area contributed by atoms with Crippen LogP contribution >= 0.6 is 0 Å². The van der Waals surface area contributed by atoms with Crippen LogP contribution in [0.1, 0.15) is 66.7 Å². The van der Waals surface area contributed by atoms with Crippen molar-refractivity contribution in [2.45, 2.75) is 90.9 Å². The molecule has 0 spiro atoms. The zero-order chi connectivity index (χ0) is 12.8. The summed E-state index contributed by atoms with van der Waals surface area (Å²) in [5.74, 6) is 0. The van der Waals surface area contributed by atoms with Gasteiger partial charge >= 0.3 is 0 Å². The molecule has 1 N–H and O–H groups in total. The number of hydrogen-bond donors (Lipinski definition) is 1. The van der Waals surface area contributed by atoms with Crippen LogP contribution < -0.4 is 5.32 Å². The molecule has 4 unspecified atom stereocenters. The first kappa shape index (κ1) is 15.0. The first-order valence-electron chi connectivity index (χ1n) is 7.60. The minimum Gasteiger partial charge on any atom is -0.313 e. The second kappa shape index (κ2) is 7.38. The summed E-state index contributed by atoms with van der Waals surface area (Å²) in [5.41, 5.74) is 0.